The Hall–Kier alpha value is -3.11. The third kappa shape index (κ3) is 5.18. The number of benzene rings is 1. The van der Waals surface area contributed by atoms with Crippen LogP contribution in [0.5, 0.6) is 0 Å². The van der Waals surface area contributed by atoms with E-state index in [1.807, 2.05) is 18.2 Å². The number of hydrogen-bond donors (Lipinski definition) is 2. The fourth-order valence-corrected chi connectivity index (χ4v) is 5.00. The molecule has 1 aromatic carbocycles. The van der Waals surface area contributed by atoms with Gasteiger partial charge in [-0.2, -0.15) is 13.2 Å². The second kappa shape index (κ2) is 9.27. The molecule has 0 aliphatic carbocycles. The lowest BCUT2D eigenvalue weighted by molar-refractivity contribution is -0.137. The fraction of sp³-hybridized carbons (Fsp3) is 0.292. The van der Waals surface area contributed by atoms with Crippen molar-refractivity contribution < 1.29 is 18.0 Å². The van der Waals surface area contributed by atoms with E-state index in [-0.39, 0.29) is 11.9 Å². The molecule has 0 bridgehead atoms. The lowest BCUT2D eigenvalue weighted by Crippen LogP contribution is -2.35. The van der Waals surface area contributed by atoms with Crippen LogP contribution < -0.4 is 10.6 Å². The standard InChI is InChI=1S/C24H22F3N5OS/c25-24(26,27)17-3-6-22(29-14-17)30-18-7-9-32(10-8-18)34-19-4-1-15(2-5-19)16-11-21-20(28-13-16)12-23(33)31-21/h1-6,11,13-14,18H,7-10,12H2,(H,29,30)(H,31,33). The molecule has 3 aromatic rings. The predicted octanol–water partition coefficient (Wildman–Crippen LogP) is 5.24. The molecule has 2 aliphatic rings. The number of hydrogen-bond acceptors (Lipinski definition) is 6. The number of piperidine rings is 1. The number of amides is 1. The van der Waals surface area contributed by atoms with Crippen LogP contribution in [0.3, 0.4) is 0 Å². The van der Waals surface area contributed by atoms with Gasteiger partial charge in [-0.3, -0.25) is 9.78 Å². The van der Waals surface area contributed by atoms with Gasteiger partial charge in [0, 0.05) is 42.0 Å². The van der Waals surface area contributed by atoms with E-state index < -0.39 is 11.7 Å². The minimum absolute atomic E-state index is 0.0269. The van der Waals surface area contributed by atoms with Gasteiger partial charge in [0.1, 0.15) is 5.82 Å². The summed E-state index contributed by atoms with van der Waals surface area (Å²) in [5.74, 6) is 0.441. The van der Waals surface area contributed by atoms with Crippen molar-refractivity contribution in [1.82, 2.24) is 14.3 Å². The van der Waals surface area contributed by atoms with Gasteiger partial charge in [-0.15, -0.1) is 0 Å². The fourth-order valence-electron chi connectivity index (χ4n) is 4.05. The van der Waals surface area contributed by atoms with Gasteiger partial charge in [0.15, 0.2) is 0 Å². The lowest BCUT2D eigenvalue weighted by Gasteiger charge is -2.31. The smallest absolute Gasteiger partial charge is 0.367 e. The van der Waals surface area contributed by atoms with Crippen molar-refractivity contribution in [3.05, 3.63) is 66.1 Å². The van der Waals surface area contributed by atoms with Crippen molar-refractivity contribution in [3.63, 3.8) is 0 Å². The number of fused-ring (bicyclic) bond motifs is 1. The monoisotopic (exact) mass is 485 g/mol. The summed E-state index contributed by atoms with van der Waals surface area (Å²) < 4.78 is 40.3. The first-order chi connectivity index (χ1) is 16.3. The predicted molar refractivity (Wildman–Crippen MR) is 125 cm³/mol. The number of anilines is 2. The Balaban J connectivity index is 1.13. The number of nitrogens with zero attached hydrogens (tertiary/aromatic N) is 3. The Morgan fingerprint density at radius 2 is 1.76 bits per heavy atom. The Bertz CT molecular complexity index is 1180. The first-order valence-corrected chi connectivity index (χ1v) is 11.7. The minimum atomic E-state index is -4.37. The molecule has 0 unspecified atom stereocenters. The molecule has 0 atom stereocenters. The maximum atomic E-state index is 12.7. The summed E-state index contributed by atoms with van der Waals surface area (Å²) in [6, 6.07) is 12.8. The van der Waals surface area contributed by atoms with E-state index in [1.54, 1.807) is 18.1 Å². The molecule has 5 rings (SSSR count). The minimum Gasteiger partial charge on any atom is -0.367 e. The van der Waals surface area contributed by atoms with Gasteiger partial charge in [-0.05, 0) is 60.7 Å². The molecule has 1 saturated heterocycles. The SMILES string of the molecule is O=C1Cc2ncc(-c3ccc(SN4CCC(Nc5ccc(C(F)(F)F)cn5)CC4)cc3)cc2N1. The van der Waals surface area contributed by atoms with E-state index in [0.717, 1.165) is 65.6 Å². The molecule has 2 aromatic heterocycles. The molecule has 1 amide bonds. The van der Waals surface area contributed by atoms with E-state index in [9.17, 15) is 18.0 Å². The molecule has 0 saturated carbocycles. The highest BCUT2D eigenvalue weighted by Gasteiger charge is 2.30. The molecular weight excluding hydrogens is 463 g/mol. The molecule has 10 heteroatoms. The second-order valence-corrected chi connectivity index (χ2v) is 9.51. The van der Waals surface area contributed by atoms with Gasteiger partial charge in [0.2, 0.25) is 5.91 Å². The maximum absolute atomic E-state index is 12.7. The molecule has 2 N–H and O–H groups in total. The zero-order valence-corrected chi connectivity index (χ0v) is 18.9. The van der Waals surface area contributed by atoms with Gasteiger partial charge in [0.25, 0.3) is 0 Å². The van der Waals surface area contributed by atoms with Gasteiger partial charge >= 0.3 is 6.18 Å². The molecule has 4 heterocycles. The van der Waals surface area contributed by atoms with Gasteiger partial charge in [0.05, 0.1) is 23.4 Å². The highest BCUT2D eigenvalue weighted by molar-refractivity contribution is 7.97. The quantitative estimate of drug-likeness (QED) is 0.482. The summed E-state index contributed by atoms with van der Waals surface area (Å²) in [6.07, 6.45) is 0.372. The Morgan fingerprint density at radius 3 is 2.44 bits per heavy atom. The number of halogens is 3. The van der Waals surface area contributed by atoms with Gasteiger partial charge in [-0.25, -0.2) is 9.29 Å². The Morgan fingerprint density at radius 1 is 1.00 bits per heavy atom. The first kappa shape index (κ1) is 22.7. The van der Waals surface area contributed by atoms with E-state index in [1.165, 1.54) is 6.07 Å². The van der Waals surface area contributed by atoms with E-state index >= 15 is 0 Å². The highest BCUT2D eigenvalue weighted by atomic mass is 32.2. The molecule has 176 valence electrons. The van der Waals surface area contributed by atoms with Crippen molar-refractivity contribution in [1.29, 1.82) is 0 Å². The van der Waals surface area contributed by atoms with Crippen molar-refractivity contribution >= 4 is 29.4 Å². The topological polar surface area (TPSA) is 70.2 Å². The third-order valence-corrected chi connectivity index (χ3v) is 7.00. The summed E-state index contributed by atoms with van der Waals surface area (Å²) in [7, 11) is 0. The van der Waals surface area contributed by atoms with Crippen LogP contribution in [0.1, 0.15) is 24.1 Å². The lowest BCUT2D eigenvalue weighted by atomic mass is 10.1. The van der Waals surface area contributed by atoms with Gasteiger partial charge < -0.3 is 10.6 Å². The molecule has 0 spiro atoms. The number of carbonyl (C=O) groups excluding carboxylic acids is 1. The number of pyridine rings is 2. The zero-order chi connectivity index (χ0) is 23.7. The van der Waals surface area contributed by atoms with Crippen LogP contribution in [0.2, 0.25) is 0 Å². The average molecular weight is 486 g/mol. The number of carbonyl (C=O) groups is 1. The van der Waals surface area contributed by atoms with Crippen LogP contribution in [-0.2, 0) is 17.4 Å². The highest BCUT2D eigenvalue weighted by Crippen LogP contribution is 2.32. The normalized spacial score (nSPS) is 16.9. The molecule has 2 aliphatic heterocycles. The van der Waals surface area contributed by atoms with E-state index in [4.69, 9.17) is 0 Å². The Labute approximate surface area is 199 Å². The molecule has 34 heavy (non-hydrogen) atoms. The first-order valence-electron chi connectivity index (χ1n) is 11.0. The summed E-state index contributed by atoms with van der Waals surface area (Å²) in [6.45, 7) is 1.72. The van der Waals surface area contributed by atoms with Crippen molar-refractivity contribution in [2.75, 3.05) is 23.7 Å². The van der Waals surface area contributed by atoms with Crippen molar-refractivity contribution in [3.8, 4) is 11.1 Å². The zero-order valence-electron chi connectivity index (χ0n) is 18.1. The van der Waals surface area contributed by atoms with Crippen LogP contribution in [-0.4, -0.2) is 39.3 Å². The van der Waals surface area contributed by atoms with E-state index in [2.05, 4.69) is 37.0 Å². The molecule has 1 fully saturated rings. The van der Waals surface area contributed by atoms with Crippen LogP contribution in [0.4, 0.5) is 24.7 Å². The molecule has 6 nitrogen and oxygen atoms in total. The average Bonchev–Trinajstić information content (AvgIpc) is 3.20. The van der Waals surface area contributed by atoms with E-state index in [0.29, 0.717) is 12.2 Å². The molecule has 0 radical (unpaired) electrons. The van der Waals surface area contributed by atoms with Gasteiger partial charge in [-0.1, -0.05) is 12.1 Å². The summed E-state index contributed by atoms with van der Waals surface area (Å²) in [5.41, 5.74) is 2.82. The summed E-state index contributed by atoms with van der Waals surface area (Å²) in [4.78, 5) is 21.0. The summed E-state index contributed by atoms with van der Waals surface area (Å²) in [5, 5.41) is 6.08. The van der Waals surface area contributed by atoms with Crippen LogP contribution in [0, 0.1) is 0 Å². The van der Waals surface area contributed by atoms with Crippen LogP contribution in [0.25, 0.3) is 11.1 Å². The van der Waals surface area contributed by atoms with Crippen LogP contribution in [0.15, 0.2) is 59.8 Å². The largest absolute Gasteiger partial charge is 0.417 e. The number of rotatable bonds is 5. The molecular formula is C24H22F3N5OS. The van der Waals surface area contributed by atoms with Crippen molar-refractivity contribution in [2.45, 2.75) is 36.4 Å². The maximum Gasteiger partial charge on any atom is 0.417 e. The second-order valence-electron chi connectivity index (χ2n) is 8.34. The summed E-state index contributed by atoms with van der Waals surface area (Å²) >= 11 is 1.69. The third-order valence-electron chi connectivity index (χ3n) is 5.89. The van der Waals surface area contributed by atoms with Crippen molar-refractivity contribution in [2.24, 2.45) is 0 Å². The van der Waals surface area contributed by atoms with Crippen LogP contribution >= 0.6 is 11.9 Å². The number of nitrogens with one attached hydrogen (secondary N) is 2. The Kier molecular flexibility index (Phi) is 6.18. The number of alkyl halides is 3. The number of aromatic nitrogens is 2.